The molecule has 0 saturated heterocycles. The molecular formula is C16H21NO5. The highest BCUT2D eigenvalue weighted by atomic mass is 16.6. The standard InChI is InChI=1S/C16H21NO5/c1-21-14(19)16(8-5-9-16)17(10-11-18)15(20)22-12-13-6-3-2-4-7-13/h2-4,6-7,18H,5,8-12H2,1H3. The van der Waals surface area contributed by atoms with E-state index in [2.05, 4.69) is 0 Å². The molecule has 1 amide bonds. The van der Waals surface area contributed by atoms with Gasteiger partial charge in [-0.25, -0.2) is 9.59 Å². The summed E-state index contributed by atoms with van der Waals surface area (Å²) in [5, 5.41) is 9.21. The molecule has 1 aliphatic carbocycles. The number of rotatable bonds is 6. The van der Waals surface area contributed by atoms with Gasteiger partial charge in [0.15, 0.2) is 0 Å². The van der Waals surface area contributed by atoms with E-state index in [1.165, 1.54) is 12.0 Å². The molecule has 0 spiro atoms. The van der Waals surface area contributed by atoms with Crippen molar-refractivity contribution >= 4 is 12.1 Å². The molecule has 1 fully saturated rings. The molecule has 0 atom stereocenters. The fourth-order valence-corrected chi connectivity index (χ4v) is 2.66. The fraction of sp³-hybridized carbons (Fsp3) is 0.500. The maximum Gasteiger partial charge on any atom is 0.411 e. The summed E-state index contributed by atoms with van der Waals surface area (Å²) in [5.41, 5.74) is -0.133. The first-order valence-corrected chi connectivity index (χ1v) is 7.31. The molecule has 0 heterocycles. The van der Waals surface area contributed by atoms with Crippen molar-refractivity contribution in [2.45, 2.75) is 31.4 Å². The lowest BCUT2D eigenvalue weighted by Crippen LogP contribution is -2.62. The zero-order valence-electron chi connectivity index (χ0n) is 12.7. The number of benzene rings is 1. The van der Waals surface area contributed by atoms with Crippen LogP contribution in [0.5, 0.6) is 0 Å². The van der Waals surface area contributed by atoms with Crippen LogP contribution in [0.4, 0.5) is 4.79 Å². The van der Waals surface area contributed by atoms with Gasteiger partial charge in [-0.1, -0.05) is 30.3 Å². The summed E-state index contributed by atoms with van der Waals surface area (Å²) < 4.78 is 10.1. The van der Waals surface area contributed by atoms with Crippen molar-refractivity contribution in [1.29, 1.82) is 0 Å². The number of hydrogen-bond donors (Lipinski definition) is 1. The quantitative estimate of drug-likeness (QED) is 0.810. The van der Waals surface area contributed by atoms with Crippen LogP contribution in [0.3, 0.4) is 0 Å². The van der Waals surface area contributed by atoms with Crippen LogP contribution in [0.2, 0.25) is 0 Å². The maximum absolute atomic E-state index is 12.4. The Morgan fingerprint density at radius 2 is 1.95 bits per heavy atom. The van der Waals surface area contributed by atoms with E-state index >= 15 is 0 Å². The van der Waals surface area contributed by atoms with Crippen molar-refractivity contribution in [3.05, 3.63) is 35.9 Å². The van der Waals surface area contributed by atoms with Gasteiger partial charge in [-0.3, -0.25) is 4.90 Å². The van der Waals surface area contributed by atoms with Crippen molar-refractivity contribution in [1.82, 2.24) is 4.90 Å². The number of β-amino-alcohol motifs (C(OH)–C–C–N with tert-alkyl or cyclic N) is 1. The highest BCUT2D eigenvalue weighted by Gasteiger charge is 2.52. The van der Waals surface area contributed by atoms with E-state index in [0.29, 0.717) is 12.8 Å². The first-order chi connectivity index (χ1) is 10.6. The van der Waals surface area contributed by atoms with Crippen LogP contribution in [0.15, 0.2) is 30.3 Å². The highest BCUT2D eigenvalue weighted by molar-refractivity contribution is 5.86. The first-order valence-electron chi connectivity index (χ1n) is 7.31. The highest BCUT2D eigenvalue weighted by Crippen LogP contribution is 2.39. The summed E-state index contributed by atoms with van der Waals surface area (Å²) in [6.45, 7) is -0.0687. The lowest BCUT2D eigenvalue weighted by atomic mass is 9.75. The Labute approximate surface area is 129 Å². The molecule has 120 valence electrons. The molecule has 0 aromatic heterocycles. The van der Waals surface area contributed by atoms with Crippen molar-refractivity contribution in [3.63, 3.8) is 0 Å². The Kier molecular flexibility index (Phi) is 5.38. The molecule has 6 nitrogen and oxygen atoms in total. The van der Waals surface area contributed by atoms with Gasteiger partial charge in [-0.15, -0.1) is 0 Å². The number of hydrogen-bond acceptors (Lipinski definition) is 5. The number of aliphatic hydroxyl groups is 1. The summed E-state index contributed by atoms with van der Waals surface area (Å²) in [4.78, 5) is 25.7. The van der Waals surface area contributed by atoms with E-state index in [0.717, 1.165) is 12.0 Å². The second-order valence-electron chi connectivity index (χ2n) is 5.29. The minimum atomic E-state index is -0.995. The average Bonchev–Trinajstić information content (AvgIpc) is 2.51. The van der Waals surface area contributed by atoms with E-state index in [4.69, 9.17) is 9.47 Å². The van der Waals surface area contributed by atoms with Crippen molar-refractivity contribution in [2.24, 2.45) is 0 Å². The molecule has 1 aliphatic rings. The number of aliphatic hydroxyl groups excluding tert-OH is 1. The van der Waals surface area contributed by atoms with Crippen LogP contribution in [-0.4, -0.2) is 47.9 Å². The van der Waals surface area contributed by atoms with Gasteiger partial charge in [-0.05, 0) is 24.8 Å². The van der Waals surface area contributed by atoms with Crippen LogP contribution < -0.4 is 0 Å². The minimum Gasteiger partial charge on any atom is -0.467 e. The molecule has 1 aromatic carbocycles. The predicted octanol–water partition coefficient (Wildman–Crippen LogP) is 1.71. The van der Waals surface area contributed by atoms with E-state index < -0.39 is 17.6 Å². The summed E-state index contributed by atoms with van der Waals surface area (Å²) in [7, 11) is 1.30. The van der Waals surface area contributed by atoms with Crippen LogP contribution in [0.1, 0.15) is 24.8 Å². The lowest BCUT2D eigenvalue weighted by molar-refractivity contribution is -0.161. The van der Waals surface area contributed by atoms with Crippen LogP contribution in [-0.2, 0) is 20.9 Å². The first kappa shape index (κ1) is 16.3. The molecule has 1 aromatic rings. The van der Waals surface area contributed by atoms with E-state index in [9.17, 15) is 14.7 Å². The van der Waals surface area contributed by atoms with E-state index in [1.54, 1.807) is 0 Å². The van der Waals surface area contributed by atoms with Gasteiger partial charge in [0.05, 0.1) is 13.7 Å². The number of amides is 1. The van der Waals surface area contributed by atoms with E-state index in [1.807, 2.05) is 30.3 Å². The smallest absolute Gasteiger partial charge is 0.411 e. The molecule has 1 saturated carbocycles. The molecule has 0 bridgehead atoms. The third-order valence-corrected chi connectivity index (χ3v) is 4.01. The van der Waals surface area contributed by atoms with Crippen molar-refractivity contribution in [3.8, 4) is 0 Å². The van der Waals surface area contributed by atoms with E-state index in [-0.39, 0.29) is 19.8 Å². The predicted molar refractivity (Wildman–Crippen MR) is 79.0 cm³/mol. The topological polar surface area (TPSA) is 76.1 Å². The molecule has 6 heteroatoms. The van der Waals surface area contributed by atoms with Gasteiger partial charge in [0.25, 0.3) is 0 Å². The van der Waals surface area contributed by atoms with Crippen molar-refractivity contribution < 1.29 is 24.2 Å². The zero-order chi connectivity index (χ0) is 16.0. The molecule has 0 aliphatic heterocycles. The van der Waals surface area contributed by atoms with Gasteiger partial charge < -0.3 is 14.6 Å². The van der Waals surface area contributed by atoms with Crippen LogP contribution >= 0.6 is 0 Å². The van der Waals surface area contributed by atoms with Gasteiger partial charge in [0.2, 0.25) is 0 Å². The summed E-state index contributed by atoms with van der Waals surface area (Å²) in [6, 6.07) is 9.29. The number of carbonyl (C=O) groups is 2. The molecular weight excluding hydrogens is 286 g/mol. The Morgan fingerprint density at radius 1 is 1.27 bits per heavy atom. The Hall–Kier alpha value is -2.08. The zero-order valence-corrected chi connectivity index (χ0v) is 12.7. The Bertz CT molecular complexity index is 513. The van der Waals surface area contributed by atoms with Gasteiger partial charge in [0.1, 0.15) is 12.1 Å². The summed E-state index contributed by atoms with van der Waals surface area (Å²) >= 11 is 0. The van der Waals surface area contributed by atoms with Crippen molar-refractivity contribution in [2.75, 3.05) is 20.3 Å². The second-order valence-corrected chi connectivity index (χ2v) is 5.29. The fourth-order valence-electron chi connectivity index (χ4n) is 2.66. The Morgan fingerprint density at radius 3 is 2.45 bits per heavy atom. The third kappa shape index (κ3) is 3.22. The number of carbonyl (C=O) groups excluding carboxylic acids is 2. The molecule has 0 unspecified atom stereocenters. The number of ether oxygens (including phenoxy) is 2. The minimum absolute atomic E-state index is 0.0444. The monoisotopic (exact) mass is 307 g/mol. The Balaban J connectivity index is 2.06. The molecule has 1 N–H and O–H groups in total. The molecule has 2 rings (SSSR count). The van der Waals surface area contributed by atoms with Gasteiger partial charge in [-0.2, -0.15) is 0 Å². The number of methoxy groups -OCH3 is 1. The molecule has 22 heavy (non-hydrogen) atoms. The summed E-state index contributed by atoms with van der Waals surface area (Å²) in [6.07, 6.45) is 1.28. The van der Waals surface area contributed by atoms with Crippen LogP contribution in [0, 0.1) is 0 Å². The molecule has 0 radical (unpaired) electrons. The second kappa shape index (κ2) is 7.26. The summed E-state index contributed by atoms with van der Waals surface area (Å²) in [5.74, 6) is -0.455. The SMILES string of the molecule is COC(=O)C1(N(CCO)C(=O)OCc2ccccc2)CCC1. The third-order valence-electron chi connectivity index (χ3n) is 4.01. The number of nitrogens with zero attached hydrogens (tertiary/aromatic N) is 1. The largest absolute Gasteiger partial charge is 0.467 e. The number of esters is 1. The lowest BCUT2D eigenvalue weighted by Gasteiger charge is -2.46. The average molecular weight is 307 g/mol. The van der Waals surface area contributed by atoms with Crippen LogP contribution in [0.25, 0.3) is 0 Å². The van der Waals surface area contributed by atoms with Gasteiger partial charge in [0, 0.05) is 6.54 Å². The maximum atomic E-state index is 12.4. The normalized spacial score (nSPS) is 15.5. The van der Waals surface area contributed by atoms with Gasteiger partial charge >= 0.3 is 12.1 Å².